The molecule has 1 aliphatic carbocycles. The second-order valence-corrected chi connectivity index (χ2v) is 7.07. The van der Waals surface area contributed by atoms with E-state index in [0.717, 1.165) is 18.8 Å². The summed E-state index contributed by atoms with van der Waals surface area (Å²) < 4.78 is 0. The van der Waals surface area contributed by atoms with Crippen LogP contribution in [0.4, 0.5) is 4.79 Å². The number of carbonyl (C=O) groups is 1. The molecule has 4 heteroatoms. The smallest absolute Gasteiger partial charge is 0.346 e. The summed E-state index contributed by atoms with van der Waals surface area (Å²) in [7, 11) is 0. The van der Waals surface area contributed by atoms with Crippen molar-refractivity contribution in [1.82, 2.24) is 4.90 Å². The summed E-state index contributed by atoms with van der Waals surface area (Å²) in [5.41, 5.74) is 6.32. The Morgan fingerprint density at radius 3 is 2.45 bits per heavy atom. The fourth-order valence-corrected chi connectivity index (χ4v) is 3.58. The molecular formula is C16H25N3O. The molecule has 2 N–H and O–H groups in total. The minimum Gasteiger partial charge on any atom is -0.385 e. The molecule has 20 heavy (non-hydrogen) atoms. The van der Waals surface area contributed by atoms with E-state index >= 15 is 0 Å². The van der Waals surface area contributed by atoms with Gasteiger partial charge in [-0.1, -0.05) is 26.7 Å². The summed E-state index contributed by atoms with van der Waals surface area (Å²) in [6, 6.07) is -0.358. The number of hydrogen-bond acceptors (Lipinski definition) is 2. The van der Waals surface area contributed by atoms with Crippen molar-refractivity contribution in [2.45, 2.75) is 52.5 Å². The first kappa shape index (κ1) is 14.9. The predicted molar refractivity (Wildman–Crippen MR) is 81.2 cm³/mol. The quantitative estimate of drug-likeness (QED) is 0.788. The van der Waals surface area contributed by atoms with Gasteiger partial charge in [0, 0.05) is 0 Å². The van der Waals surface area contributed by atoms with Crippen LogP contribution >= 0.6 is 0 Å². The maximum absolute atomic E-state index is 11.8. The van der Waals surface area contributed by atoms with Gasteiger partial charge < -0.3 is 10.6 Å². The standard InChI is InChI=1S/C16H25N3O/c1-5-10-19-13(14(17)18-15(19)20)11-6-8-12(9-7-11)16(2,3)4/h1,11-13H,6-10H2,2-4H3,(H2,17,18,20). The lowest BCUT2D eigenvalue weighted by molar-refractivity contribution is 0.123. The van der Waals surface area contributed by atoms with Crippen molar-refractivity contribution in [1.29, 1.82) is 0 Å². The van der Waals surface area contributed by atoms with Crippen molar-refractivity contribution < 1.29 is 4.79 Å². The molecule has 1 fully saturated rings. The Morgan fingerprint density at radius 2 is 1.95 bits per heavy atom. The molecule has 4 nitrogen and oxygen atoms in total. The molecular weight excluding hydrogens is 250 g/mol. The molecule has 0 bridgehead atoms. The summed E-state index contributed by atoms with van der Waals surface area (Å²) in [5.74, 6) is 4.13. The van der Waals surface area contributed by atoms with Crippen LogP contribution < -0.4 is 5.73 Å². The highest BCUT2D eigenvalue weighted by molar-refractivity contribution is 6.03. The molecule has 1 heterocycles. The third-order valence-electron chi connectivity index (χ3n) is 4.81. The third-order valence-corrected chi connectivity index (χ3v) is 4.81. The van der Waals surface area contributed by atoms with Gasteiger partial charge in [0.15, 0.2) is 0 Å². The summed E-state index contributed by atoms with van der Waals surface area (Å²) in [6.45, 7) is 7.21. The maximum atomic E-state index is 11.8. The highest BCUT2D eigenvalue weighted by atomic mass is 16.2. The van der Waals surface area contributed by atoms with Gasteiger partial charge in [-0.25, -0.2) is 4.79 Å². The molecule has 0 aromatic heterocycles. The zero-order valence-electron chi connectivity index (χ0n) is 12.7. The number of amides is 2. The Morgan fingerprint density at radius 1 is 1.35 bits per heavy atom. The number of amidine groups is 1. The SMILES string of the molecule is C#CCN1C(=O)N=C(N)C1C1CCC(C(C)(C)C)CC1. The Balaban J connectivity index is 2.04. The Hall–Kier alpha value is -1.50. The van der Waals surface area contributed by atoms with Crippen molar-refractivity contribution in [3.8, 4) is 12.3 Å². The number of nitrogens with zero attached hydrogens (tertiary/aromatic N) is 2. The van der Waals surface area contributed by atoms with E-state index in [4.69, 9.17) is 12.2 Å². The van der Waals surface area contributed by atoms with Gasteiger partial charge in [-0.15, -0.1) is 6.42 Å². The number of nitrogens with two attached hydrogens (primary N) is 1. The van der Waals surface area contributed by atoms with Crippen LogP contribution in [0.3, 0.4) is 0 Å². The van der Waals surface area contributed by atoms with Crippen LogP contribution in [-0.4, -0.2) is 29.4 Å². The molecule has 1 unspecified atom stereocenters. The number of carbonyl (C=O) groups excluding carboxylic acids is 1. The highest BCUT2D eigenvalue weighted by Gasteiger charge is 2.41. The topological polar surface area (TPSA) is 58.7 Å². The first-order valence-electron chi connectivity index (χ1n) is 7.42. The van der Waals surface area contributed by atoms with E-state index in [-0.39, 0.29) is 12.1 Å². The number of rotatable bonds is 2. The lowest BCUT2D eigenvalue weighted by Crippen LogP contribution is -2.47. The molecule has 0 radical (unpaired) electrons. The molecule has 1 saturated carbocycles. The number of terminal acetylenes is 1. The van der Waals surface area contributed by atoms with Gasteiger partial charge >= 0.3 is 6.03 Å². The first-order chi connectivity index (χ1) is 9.34. The van der Waals surface area contributed by atoms with Gasteiger partial charge in [0.2, 0.25) is 0 Å². The highest BCUT2D eigenvalue weighted by Crippen LogP contribution is 2.42. The molecule has 0 spiro atoms. The molecule has 0 saturated heterocycles. The van der Waals surface area contributed by atoms with Gasteiger partial charge in [0.05, 0.1) is 12.6 Å². The molecule has 0 aromatic carbocycles. The summed E-state index contributed by atoms with van der Waals surface area (Å²) in [4.78, 5) is 17.4. The van der Waals surface area contributed by atoms with Crippen molar-refractivity contribution in [2.75, 3.05) is 6.54 Å². The van der Waals surface area contributed by atoms with E-state index in [1.165, 1.54) is 12.8 Å². The van der Waals surface area contributed by atoms with Gasteiger partial charge in [-0.05, 0) is 42.9 Å². The predicted octanol–water partition coefficient (Wildman–Crippen LogP) is 2.63. The second kappa shape index (κ2) is 5.47. The Labute approximate surface area is 121 Å². The first-order valence-corrected chi connectivity index (χ1v) is 7.42. The Kier molecular flexibility index (Phi) is 4.08. The van der Waals surface area contributed by atoms with Crippen LogP contribution in [0, 0.1) is 29.6 Å². The van der Waals surface area contributed by atoms with Gasteiger partial charge in [0.1, 0.15) is 5.84 Å². The Bertz CT molecular complexity index is 447. The van der Waals surface area contributed by atoms with Gasteiger partial charge in [0.25, 0.3) is 0 Å². The maximum Gasteiger partial charge on any atom is 0.346 e. The van der Waals surface area contributed by atoms with E-state index in [0.29, 0.717) is 23.7 Å². The normalized spacial score (nSPS) is 31.1. The van der Waals surface area contributed by atoms with Gasteiger partial charge in [-0.3, -0.25) is 0 Å². The summed E-state index contributed by atoms with van der Waals surface area (Å²) in [5, 5.41) is 0. The fourth-order valence-electron chi connectivity index (χ4n) is 3.58. The second-order valence-electron chi connectivity index (χ2n) is 7.07. The van der Waals surface area contributed by atoms with E-state index in [1.54, 1.807) is 4.90 Å². The monoisotopic (exact) mass is 275 g/mol. The molecule has 2 amide bonds. The van der Waals surface area contributed by atoms with Crippen molar-refractivity contribution in [3.05, 3.63) is 0 Å². The van der Waals surface area contributed by atoms with Crippen LogP contribution in [0.5, 0.6) is 0 Å². The molecule has 2 rings (SSSR count). The van der Waals surface area contributed by atoms with Crippen LogP contribution in [-0.2, 0) is 0 Å². The van der Waals surface area contributed by atoms with Crippen LogP contribution in [0.2, 0.25) is 0 Å². The van der Waals surface area contributed by atoms with Gasteiger partial charge in [-0.2, -0.15) is 4.99 Å². The fraction of sp³-hybridized carbons (Fsp3) is 0.750. The third kappa shape index (κ3) is 2.82. The van der Waals surface area contributed by atoms with E-state index in [1.807, 2.05) is 0 Å². The molecule has 0 aromatic rings. The lowest BCUT2D eigenvalue weighted by atomic mass is 9.68. The molecule has 2 aliphatic rings. The number of urea groups is 1. The largest absolute Gasteiger partial charge is 0.385 e. The zero-order valence-corrected chi connectivity index (χ0v) is 12.7. The zero-order chi connectivity index (χ0) is 14.9. The van der Waals surface area contributed by atoms with Crippen molar-refractivity contribution >= 4 is 11.9 Å². The van der Waals surface area contributed by atoms with Crippen molar-refractivity contribution in [2.24, 2.45) is 28.0 Å². The molecule has 1 atom stereocenters. The number of aliphatic imine (C=N–C) groups is 1. The average Bonchev–Trinajstić information content (AvgIpc) is 2.64. The number of hydrogen-bond donors (Lipinski definition) is 1. The van der Waals surface area contributed by atoms with Crippen LogP contribution in [0.1, 0.15) is 46.5 Å². The summed E-state index contributed by atoms with van der Waals surface area (Å²) in [6.07, 6.45) is 9.92. The average molecular weight is 275 g/mol. The van der Waals surface area contributed by atoms with E-state index in [2.05, 4.69) is 31.7 Å². The molecule has 1 aliphatic heterocycles. The van der Waals surface area contributed by atoms with Crippen LogP contribution in [0.15, 0.2) is 4.99 Å². The van der Waals surface area contributed by atoms with Crippen LogP contribution in [0.25, 0.3) is 0 Å². The van der Waals surface area contributed by atoms with E-state index in [9.17, 15) is 4.79 Å². The van der Waals surface area contributed by atoms with E-state index < -0.39 is 0 Å². The lowest BCUT2D eigenvalue weighted by Gasteiger charge is -2.40. The minimum absolute atomic E-state index is 0.0838. The van der Waals surface area contributed by atoms with Crippen molar-refractivity contribution in [3.63, 3.8) is 0 Å². The minimum atomic E-state index is -0.275. The molecule has 110 valence electrons. The summed E-state index contributed by atoms with van der Waals surface area (Å²) >= 11 is 0.